The third-order valence-corrected chi connectivity index (χ3v) is 7.59. The average molecular weight is 521 g/mol. The van der Waals surface area contributed by atoms with Crippen LogP contribution in [0.25, 0.3) is 0 Å². The second-order valence-electron chi connectivity index (χ2n) is 10.1. The normalized spacial score (nSPS) is 21.4. The summed E-state index contributed by atoms with van der Waals surface area (Å²) in [5.74, 6) is 2.85. The Morgan fingerprint density at radius 1 is 1.00 bits per heavy atom. The van der Waals surface area contributed by atoms with Crippen LogP contribution in [0.2, 0.25) is 5.02 Å². The Bertz CT molecular complexity index is 1240. The third kappa shape index (κ3) is 5.94. The molecule has 5 rings (SSSR count). The van der Waals surface area contributed by atoms with Gasteiger partial charge in [0.1, 0.15) is 5.75 Å². The van der Waals surface area contributed by atoms with Gasteiger partial charge in [-0.15, -0.1) is 0 Å². The van der Waals surface area contributed by atoms with E-state index in [2.05, 4.69) is 26.0 Å². The molecule has 0 aliphatic carbocycles. The summed E-state index contributed by atoms with van der Waals surface area (Å²) in [5, 5.41) is 0.797. The van der Waals surface area contributed by atoms with E-state index in [0.717, 1.165) is 29.0 Å². The van der Waals surface area contributed by atoms with Crippen molar-refractivity contribution in [3.8, 4) is 17.2 Å². The van der Waals surface area contributed by atoms with Crippen LogP contribution in [0, 0.1) is 11.8 Å². The maximum atomic E-state index is 12.9. The Morgan fingerprint density at radius 3 is 2.62 bits per heavy atom. The minimum Gasteiger partial charge on any atom is -0.490 e. The van der Waals surface area contributed by atoms with Crippen LogP contribution in [0.15, 0.2) is 66.7 Å². The van der Waals surface area contributed by atoms with Crippen molar-refractivity contribution in [3.05, 3.63) is 88.4 Å². The fourth-order valence-corrected chi connectivity index (χ4v) is 5.49. The Hall–Kier alpha value is -3.02. The lowest BCUT2D eigenvalue weighted by molar-refractivity contribution is -0.0552. The zero-order valence-corrected chi connectivity index (χ0v) is 22.1. The molecule has 0 unspecified atom stereocenters. The number of ether oxygens (including phenoxy) is 4. The molecule has 2 aliphatic rings. The highest BCUT2D eigenvalue weighted by Crippen LogP contribution is 2.45. The van der Waals surface area contributed by atoms with Gasteiger partial charge in [-0.25, -0.2) is 0 Å². The van der Waals surface area contributed by atoms with E-state index in [1.54, 1.807) is 18.2 Å². The lowest BCUT2D eigenvalue weighted by Gasteiger charge is -2.39. The number of ketones is 1. The predicted octanol–water partition coefficient (Wildman–Crippen LogP) is 7.28. The van der Waals surface area contributed by atoms with Gasteiger partial charge in [-0.05, 0) is 65.8 Å². The van der Waals surface area contributed by atoms with Gasteiger partial charge in [0, 0.05) is 22.9 Å². The average Bonchev–Trinajstić information content (AvgIpc) is 3.17. The highest BCUT2D eigenvalue weighted by molar-refractivity contribution is 6.31. The van der Waals surface area contributed by atoms with E-state index in [-0.39, 0.29) is 24.4 Å². The molecule has 194 valence electrons. The number of hydrogen-bond donors (Lipinski definition) is 0. The van der Waals surface area contributed by atoms with Gasteiger partial charge in [0.05, 0.1) is 25.9 Å². The molecule has 0 amide bonds. The molecule has 3 atom stereocenters. The van der Waals surface area contributed by atoms with Crippen LogP contribution in [0.3, 0.4) is 0 Å². The first-order chi connectivity index (χ1) is 18.0. The monoisotopic (exact) mass is 520 g/mol. The fourth-order valence-electron chi connectivity index (χ4n) is 5.20. The van der Waals surface area contributed by atoms with Crippen molar-refractivity contribution in [1.82, 2.24) is 0 Å². The second-order valence-corrected chi connectivity index (χ2v) is 10.5. The molecule has 37 heavy (non-hydrogen) atoms. The van der Waals surface area contributed by atoms with Gasteiger partial charge in [0.25, 0.3) is 0 Å². The second kappa shape index (κ2) is 11.6. The number of carbonyl (C=O) groups excluding carboxylic acids is 1. The van der Waals surface area contributed by atoms with Crippen LogP contribution in [-0.4, -0.2) is 32.2 Å². The summed E-state index contributed by atoms with van der Waals surface area (Å²) >= 11 is 6.49. The van der Waals surface area contributed by atoms with Crippen LogP contribution in [0.1, 0.15) is 60.2 Å². The van der Waals surface area contributed by atoms with Crippen LogP contribution < -0.4 is 14.2 Å². The molecule has 0 N–H and O–H groups in total. The SMILES string of the molecule is CC(C)[C@@H]1C[C@H](c2ccccc2Cl)CO[C@H]1c1cccc(OCC(=O)c2ccc3c(c2)OCCCO3)c1. The maximum Gasteiger partial charge on any atom is 0.200 e. The first-order valence-corrected chi connectivity index (χ1v) is 13.4. The number of benzene rings is 3. The molecule has 1 fully saturated rings. The molecule has 0 bridgehead atoms. The summed E-state index contributed by atoms with van der Waals surface area (Å²) in [5.41, 5.74) is 2.76. The number of hydrogen-bond acceptors (Lipinski definition) is 5. The zero-order chi connectivity index (χ0) is 25.8. The summed E-state index contributed by atoms with van der Waals surface area (Å²) < 4.78 is 23.8. The van der Waals surface area contributed by atoms with Crippen molar-refractivity contribution in [2.45, 2.75) is 38.7 Å². The lowest BCUT2D eigenvalue weighted by atomic mass is 9.76. The molecule has 2 heterocycles. The Labute approximate surface area is 223 Å². The maximum absolute atomic E-state index is 12.9. The highest BCUT2D eigenvalue weighted by Gasteiger charge is 2.35. The van der Waals surface area contributed by atoms with Crippen molar-refractivity contribution < 1.29 is 23.7 Å². The summed E-state index contributed by atoms with van der Waals surface area (Å²) in [4.78, 5) is 12.9. The van der Waals surface area contributed by atoms with E-state index < -0.39 is 0 Å². The molecule has 5 nitrogen and oxygen atoms in total. The molecule has 0 saturated carbocycles. The number of fused-ring (bicyclic) bond motifs is 1. The van der Waals surface area contributed by atoms with Crippen LogP contribution in [0.5, 0.6) is 17.2 Å². The van der Waals surface area contributed by atoms with Gasteiger partial charge < -0.3 is 18.9 Å². The summed E-state index contributed by atoms with van der Waals surface area (Å²) in [6.45, 7) is 6.23. The van der Waals surface area contributed by atoms with E-state index in [4.69, 9.17) is 30.5 Å². The highest BCUT2D eigenvalue weighted by atomic mass is 35.5. The van der Waals surface area contributed by atoms with E-state index >= 15 is 0 Å². The number of carbonyl (C=O) groups is 1. The van der Waals surface area contributed by atoms with Crippen molar-refractivity contribution in [2.24, 2.45) is 11.8 Å². The van der Waals surface area contributed by atoms with Crippen molar-refractivity contribution in [2.75, 3.05) is 26.4 Å². The largest absolute Gasteiger partial charge is 0.490 e. The quantitative estimate of drug-likeness (QED) is 0.306. The number of halogens is 1. The summed E-state index contributed by atoms with van der Waals surface area (Å²) in [6, 6.07) is 21.2. The van der Waals surface area contributed by atoms with Crippen molar-refractivity contribution in [3.63, 3.8) is 0 Å². The molecule has 0 aromatic heterocycles. The topological polar surface area (TPSA) is 54.0 Å². The Balaban J connectivity index is 1.26. The Morgan fingerprint density at radius 2 is 1.81 bits per heavy atom. The molecule has 0 radical (unpaired) electrons. The van der Waals surface area contributed by atoms with Crippen LogP contribution in [-0.2, 0) is 4.74 Å². The predicted molar refractivity (Wildman–Crippen MR) is 144 cm³/mol. The zero-order valence-electron chi connectivity index (χ0n) is 21.3. The van der Waals surface area contributed by atoms with E-state index in [0.29, 0.717) is 54.5 Å². The van der Waals surface area contributed by atoms with Gasteiger partial charge in [-0.1, -0.05) is 55.8 Å². The smallest absolute Gasteiger partial charge is 0.200 e. The molecule has 1 saturated heterocycles. The van der Waals surface area contributed by atoms with E-state index in [1.807, 2.05) is 36.4 Å². The van der Waals surface area contributed by atoms with Crippen LogP contribution in [0.4, 0.5) is 0 Å². The minimum atomic E-state index is -0.113. The minimum absolute atomic E-state index is 0.0419. The fraction of sp³-hybridized carbons (Fsp3) is 0.387. The standard InChI is InChI=1S/C31H33ClO5/c1-20(2)26-16-23(25-9-3-4-10-27(25)32)18-37-31(26)22-7-5-8-24(15-22)36-19-28(33)21-11-12-29-30(17-21)35-14-6-13-34-29/h3-5,7-12,15,17,20,23,26,31H,6,13-14,16,18-19H2,1-2H3/t23-,26-,31-/m0/s1. The van der Waals surface area contributed by atoms with Gasteiger partial charge in [-0.3, -0.25) is 4.79 Å². The van der Waals surface area contributed by atoms with Gasteiger partial charge >= 0.3 is 0 Å². The molecule has 3 aromatic carbocycles. The number of Topliss-reactive ketones (excluding diaryl/α,β-unsaturated/α-hetero) is 1. The van der Waals surface area contributed by atoms with E-state index in [1.165, 1.54) is 0 Å². The van der Waals surface area contributed by atoms with E-state index in [9.17, 15) is 4.79 Å². The van der Waals surface area contributed by atoms with Gasteiger partial charge in [-0.2, -0.15) is 0 Å². The molecule has 2 aliphatic heterocycles. The van der Waals surface area contributed by atoms with Crippen LogP contribution >= 0.6 is 11.6 Å². The van der Waals surface area contributed by atoms with Gasteiger partial charge in [0.2, 0.25) is 0 Å². The molecule has 3 aromatic rings. The first-order valence-electron chi connectivity index (χ1n) is 13.0. The first kappa shape index (κ1) is 25.6. The van der Waals surface area contributed by atoms with Crippen molar-refractivity contribution in [1.29, 1.82) is 0 Å². The molecule has 0 spiro atoms. The summed E-state index contributed by atoms with van der Waals surface area (Å²) in [7, 11) is 0. The Kier molecular flexibility index (Phi) is 8.02. The van der Waals surface area contributed by atoms with Crippen molar-refractivity contribution >= 4 is 17.4 Å². The van der Waals surface area contributed by atoms with Gasteiger partial charge in [0.15, 0.2) is 23.9 Å². The summed E-state index contributed by atoms with van der Waals surface area (Å²) in [6.07, 6.45) is 1.78. The molecular weight excluding hydrogens is 488 g/mol. The third-order valence-electron chi connectivity index (χ3n) is 7.25. The molecular formula is C31H33ClO5. The lowest BCUT2D eigenvalue weighted by Crippen LogP contribution is -2.31. The molecule has 6 heteroatoms. The number of rotatable bonds is 7.